The molecule has 3 heteroatoms. The van der Waals surface area contributed by atoms with Crippen LogP contribution < -0.4 is 0 Å². The molecule has 0 aromatic heterocycles. The predicted octanol–water partition coefficient (Wildman–Crippen LogP) is 3.08. The summed E-state index contributed by atoms with van der Waals surface area (Å²) in [6.45, 7) is 6.38. The normalized spacial score (nSPS) is 8.85. The Hall–Kier alpha value is -1.01. The number of aryl methyl sites for hydroxylation is 3. The first kappa shape index (κ1) is 12.0. The van der Waals surface area contributed by atoms with Gasteiger partial charge >= 0.3 is 0 Å². The third-order valence-corrected chi connectivity index (χ3v) is 1.50. The third kappa shape index (κ3) is 6.18. The van der Waals surface area contributed by atoms with Gasteiger partial charge < -0.3 is 0 Å². The Balaban J connectivity index is 0.000000310. The number of hydrogen-bond acceptors (Lipinski definition) is 2. The van der Waals surface area contributed by atoms with Crippen LogP contribution in [0.5, 0.6) is 0 Å². The highest BCUT2D eigenvalue weighted by Gasteiger charge is 1.87. The maximum Gasteiger partial charge on any atom is 0.228 e. The minimum Gasteiger partial charge on any atom is -0.290 e. The van der Waals surface area contributed by atoms with Crippen molar-refractivity contribution in [2.24, 2.45) is 0 Å². The molecular formula is C10H13O2P. The highest BCUT2D eigenvalue weighted by molar-refractivity contribution is 7.42. The standard InChI is InChI=1S/C9H12.CHO2P/c1-7-4-8(2)6-9(3)5-7;2-1-4-3/h4-6H,1-3H3;1H. The zero-order valence-corrected chi connectivity index (χ0v) is 8.97. The van der Waals surface area contributed by atoms with Crippen molar-refractivity contribution in [3.8, 4) is 0 Å². The summed E-state index contributed by atoms with van der Waals surface area (Å²) < 4.78 is 8.90. The Morgan fingerprint density at radius 1 is 1.00 bits per heavy atom. The molecule has 0 fully saturated rings. The lowest BCUT2D eigenvalue weighted by atomic mass is 10.1. The lowest BCUT2D eigenvalue weighted by molar-refractivity contribution is 0.562. The molecule has 0 heterocycles. The topological polar surface area (TPSA) is 34.1 Å². The van der Waals surface area contributed by atoms with Gasteiger partial charge in [-0.1, -0.05) is 34.9 Å². The van der Waals surface area contributed by atoms with E-state index in [1.54, 1.807) is 0 Å². The van der Waals surface area contributed by atoms with E-state index in [9.17, 15) is 0 Å². The van der Waals surface area contributed by atoms with E-state index in [0.717, 1.165) is 0 Å². The van der Waals surface area contributed by atoms with Crippen LogP contribution >= 0.6 is 8.46 Å². The Labute approximate surface area is 80.2 Å². The summed E-state index contributed by atoms with van der Waals surface area (Å²) in [5.74, 6) is 0. The van der Waals surface area contributed by atoms with Crippen LogP contribution in [0.1, 0.15) is 16.7 Å². The zero-order valence-electron chi connectivity index (χ0n) is 8.07. The molecule has 0 bridgehead atoms. The first-order valence-electron chi connectivity index (χ1n) is 3.91. The average Bonchev–Trinajstić information content (AvgIpc) is 2.02. The second kappa shape index (κ2) is 6.50. The van der Waals surface area contributed by atoms with Crippen LogP contribution in [-0.4, -0.2) is 6.03 Å². The summed E-state index contributed by atoms with van der Waals surface area (Å²) >= 11 is 0. The minimum absolute atomic E-state index is 0.292. The van der Waals surface area contributed by atoms with Gasteiger partial charge in [-0.2, -0.15) is 0 Å². The number of rotatable bonds is 1. The molecule has 13 heavy (non-hydrogen) atoms. The van der Waals surface area contributed by atoms with Gasteiger partial charge in [0.2, 0.25) is 14.5 Å². The fraction of sp³-hybridized carbons (Fsp3) is 0.300. The van der Waals surface area contributed by atoms with Gasteiger partial charge in [-0.05, 0) is 20.8 Å². The Morgan fingerprint density at radius 2 is 1.23 bits per heavy atom. The maximum atomic E-state index is 8.90. The largest absolute Gasteiger partial charge is 0.290 e. The Morgan fingerprint density at radius 3 is 1.38 bits per heavy atom. The Bertz CT molecular complexity index is 238. The van der Waals surface area contributed by atoms with Crippen molar-refractivity contribution in [1.29, 1.82) is 0 Å². The van der Waals surface area contributed by atoms with E-state index >= 15 is 0 Å². The number of carbonyl (C=O) groups is 1. The van der Waals surface area contributed by atoms with Crippen molar-refractivity contribution in [3.63, 3.8) is 0 Å². The molecule has 1 rings (SSSR count). The summed E-state index contributed by atoms with van der Waals surface area (Å²) in [5.41, 5.74) is 4.06. The molecule has 70 valence electrons. The maximum absolute atomic E-state index is 8.90. The molecular weight excluding hydrogens is 183 g/mol. The molecule has 0 saturated heterocycles. The minimum atomic E-state index is -0.432. The van der Waals surface area contributed by atoms with Crippen molar-refractivity contribution in [2.75, 3.05) is 0 Å². The fourth-order valence-corrected chi connectivity index (χ4v) is 1.20. The summed E-state index contributed by atoms with van der Waals surface area (Å²) in [6.07, 6.45) is 0. The molecule has 0 spiro atoms. The van der Waals surface area contributed by atoms with E-state index in [-0.39, 0.29) is 0 Å². The van der Waals surface area contributed by atoms with Crippen molar-refractivity contribution in [1.82, 2.24) is 0 Å². The second-order valence-electron chi connectivity index (χ2n) is 2.88. The third-order valence-electron chi connectivity index (χ3n) is 1.41. The summed E-state index contributed by atoms with van der Waals surface area (Å²) in [7, 11) is -0.432. The predicted molar refractivity (Wildman–Crippen MR) is 55.0 cm³/mol. The number of hydrogen-bond donors (Lipinski definition) is 0. The lowest BCUT2D eigenvalue weighted by Crippen LogP contribution is -1.78. The molecule has 2 nitrogen and oxygen atoms in total. The van der Waals surface area contributed by atoms with E-state index in [4.69, 9.17) is 9.36 Å². The van der Waals surface area contributed by atoms with Gasteiger partial charge in [-0.15, -0.1) is 0 Å². The van der Waals surface area contributed by atoms with Crippen molar-refractivity contribution < 1.29 is 9.36 Å². The monoisotopic (exact) mass is 196 g/mol. The molecule has 0 saturated carbocycles. The molecule has 0 unspecified atom stereocenters. The number of carbonyl (C=O) groups excluding carboxylic acids is 1. The molecule has 0 aliphatic heterocycles. The van der Waals surface area contributed by atoms with E-state index in [1.165, 1.54) is 16.7 Å². The molecule has 0 atom stereocenters. The fourth-order valence-electron chi connectivity index (χ4n) is 1.20. The van der Waals surface area contributed by atoms with Crippen molar-refractivity contribution >= 4 is 14.5 Å². The Kier molecular flexibility index (Phi) is 5.99. The highest BCUT2D eigenvalue weighted by atomic mass is 31.1. The van der Waals surface area contributed by atoms with Crippen LogP contribution in [0.2, 0.25) is 0 Å². The van der Waals surface area contributed by atoms with Gasteiger partial charge in [0.25, 0.3) is 0 Å². The van der Waals surface area contributed by atoms with Gasteiger partial charge in [-0.25, -0.2) is 0 Å². The van der Waals surface area contributed by atoms with E-state index in [1.807, 2.05) is 0 Å². The van der Waals surface area contributed by atoms with Crippen LogP contribution in [0.3, 0.4) is 0 Å². The smallest absolute Gasteiger partial charge is 0.228 e. The van der Waals surface area contributed by atoms with Crippen LogP contribution in [0.4, 0.5) is 0 Å². The molecule has 0 radical (unpaired) electrons. The molecule has 0 N–H and O–H groups in total. The van der Waals surface area contributed by atoms with E-state index < -0.39 is 8.46 Å². The second-order valence-corrected chi connectivity index (χ2v) is 3.30. The molecule has 0 amide bonds. The van der Waals surface area contributed by atoms with Gasteiger partial charge in [0, 0.05) is 0 Å². The van der Waals surface area contributed by atoms with Crippen LogP contribution in [0.15, 0.2) is 18.2 Å². The molecule has 0 aliphatic rings. The summed E-state index contributed by atoms with van der Waals surface area (Å²) in [5, 5.41) is 0. The van der Waals surface area contributed by atoms with E-state index in [0.29, 0.717) is 6.03 Å². The van der Waals surface area contributed by atoms with Gasteiger partial charge in [0.15, 0.2) is 0 Å². The highest BCUT2D eigenvalue weighted by Crippen LogP contribution is 2.06. The van der Waals surface area contributed by atoms with Crippen LogP contribution in [0, 0.1) is 20.8 Å². The first-order chi connectivity index (χ1) is 6.10. The average molecular weight is 196 g/mol. The first-order valence-corrected chi connectivity index (χ1v) is 4.79. The zero-order chi connectivity index (χ0) is 10.3. The summed E-state index contributed by atoms with van der Waals surface area (Å²) in [6, 6.07) is 6.85. The van der Waals surface area contributed by atoms with Crippen LogP contribution in [0.25, 0.3) is 0 Å². The lowest BCUT2D eigenvalue weighted by Gasteiger charge is -1.96. The molecule has 0 aliphatic carbocycles. The molecule has 1 aromatic carbocycles. The quantitative estimate of drug-likeness (QED) is 0.511. The van der Waals surface area contributed by atoms with Crippen LogP contribution in [-0.2, 0) is 9.36 Å². The van der Waals surface area contributed by atoms with E-state index in [2.05, 4.69) is 39.0 Å². The van der Waals surface area contributed by atoms with Gasteiger partial charge in [0.1, 0.15) is 0 Å². The van der Waals surface area contributed by atoms with Crippen molar-refractivity contribution in [2.45, 2.75) is 20.8 Å². The SMILES string of the molecule is Cc1cc(C)cc(C)c1.O=CP=O. The van der Waals surface area contributed by atoms with Crippen molar-refractivity contribution in [3.05, 3.63) is 34.9 Å². The number of benzene rings is 1. The van der Waals surface area contributed by atoms with Gasteiger partial charge in [-0.3, -0.25) is 9.36 Å². The molecule has 1 aromatic rings. The summed E-state index contributed by atoms with van der Waals surface area (Å²) in [4.78, 5) is 8.85. The van der Waals surface area contributed by atoms with Gasteiger partial charge in [0.05, 0.1) is 0 Å².